The lowest BCUT2D eigenvalue weighted by atomic mass is 10.0. The summed E-state index contributed by atoms with van der Waals surface area (Å²) in [5.41, 5.74) is 6.13. The lowest BCUT2D eigenvalue weighted by Crippen LogP contribution is -2.37. The number of anilines is 2. The zero-order chi connectivity index (χ0) is 23.7. The van der Waals surface area contributed by atoms with E-state index in [0.29, 0.717) is 6.54 Å². The molecule has 1 unspecified atom stereocenters. The van der Waals surface area contributed by atoms with Crippen LogP contribution in [0.15, 0.2) is 91.1 Å². The van der Waals surface area contributed by atoms with Gasteiger partial charge in [0.1, 0.15) is 5.75 Å². The van der Waals surface area contributed by atoms with Crippen molar-refractivity contribution in [2.45, 2.75) is 12.6 Å². The summed E-state index contributed by atoms with van der Waals surface area (Å²) >= 11 is 0. The second-order valence-electron chi connectivity index (χ2n) is 8.61. The molecule has 2 heterocycles. The Hall–Kier alpha value is -4.19. The van der Waals surface area contributed by atoms with Crippen molar-refractivity contribution in [3.05, 3.63) is 108 Å². The molecule has 0 bridgehead atoms. The summed E-state index contributed by atoms with van der Waals surface area (Å²) in [5, 5.41) is 3.09. The summed E-state index contributed by atoms with van der Waals surface area (Å²) < 4.78 is 7.44. The van der Waals surface area contributed by atoms with Crippen LogP contribution in [0.5, 0.6) is 5.75 Å². The second-order valence-corrected chi connectivity index (χ2v) is 8.61. The Labute approximate surface area is 200 Å². The fourth-order valence-corrected chi connectivity index (χ4v) is 4.51. The predicted octanol–water partition coefficient (Wildman–Crippen LogP) is 5.69. The van der Waals surface area contributed by atoms with Crippen LogP contribution in [-0.2, 0) is 6.54 Å². The quantitative estimate of drug-likeness (QED) is 0.433. The molecule has 1 N–H and O–H groups in total. The molecule has 0 spiro atoms. The number of aromatic nitrogens is 1. The predicted molar refractivity (Wildman–Crippen MR) is 136 cm³/mol. The maximum Gasteiger partial charge on any atom is 0.322 e. The van der Waals surface area contributed by atoms with E-state index in [4.69, 9.17) is 4.74 Å². The molecule has 0 radical (unpaired) electrons. The smallest absolute Gasteiger partial charge is 0.322 e. The topological polar surface area (TPSA) is 49.7 Å². The zero-order valence-corrected chi connectivity index (χ0v) is 19.6. The van der Waals surface area contributed by atoms with Gasteiger partial charge in [-0.3, -0.25) is 0 Å². The molecule has 6 heteroatoms. The molecule has 0 saturated carbocycles. The Morgan fingerprint density at radius 1 is 0.941 bits per heavy atom. The summed E-state index contributed by atoms with van der Waals surface area (Å²) in [6, 6.07) is 27.8. The third kappa shape index (κ3) is 3.99. The first-order valence-corrected chi connectivity index (χ1v) is 11.3. The summed E-state index contributed by atoms with van der Waals surface area (Å²) in [6.45, 7) is 0.486. The summed E-state index contributed by atoms with van der Waals surface area (Å²) in [7, 11) is 5.68. The van der Waals surface area contributed by atoms with Gasteiger partial charge in [0.05, 0.1) is 25.4 Å². The van der Waals surface area contributed by atoms with Crippen LogP contribution in [-0.4, -0.2) is 36.7 Å². The number of nitrogens with zero attached hydrogens (tertiary/aromatic N) is 3. The highest BCUT2D eigenvalue weighted by Crippen LogP contribution is 2.37. The minimum absolute atomic E-state index is 0.156. The summed E-state index contributed by atoms with van der Waals surface area (Å²) in [4.78, 5) is 17.7. The van der Waals surface area contributed by atoms with E-state index < -0.39 is 0 Å². The third-order valence-electron chi connectivity index (χ3n) is 6.29. The average Bonchev–Trinajstić information content (AvgIpc) is 3.29. The normalized spacial score (nSPS) is 14.6. The second kappa shape index (κ2) is 8.98. The molecule has 172 valence electrons. The number of carbonyl (C=O) groups excluding carboxylic acids is 1. The van der Waals surface area contributed by atoms with Crippen molar-refractivity contribution in [1.29, 1.82) is 0 Å². The number of hydrogen-bond acceptors (Lipinski definition) is 3. The van der Waals surface area contributed by atoms with Crippen LogP contribution in [0.4, 0.5) is 16.2 Å². The van der Waals surface area contributed by atoms with Gasteiger partial charge in [-0.15, -0.1) is 0 Å². The number of amides is 2. The van der Waals surface area contributed by atoms with E-state index in [1.54, 1.807) is 7.11 Å². The van der Waals surface area contributed by atoms with Crippen LogP contribution in [0.1, 0.15) is 22.9 Å². The Bertz CT molecular complexity index is 1290. The first-order chi connectivity index (χ1) is 16.5. The fourth-order valence-electron chi connectivity index (χ4n) is 4.51. The van der Waals surface area contributed by atoms with Gasteiger partial charge >= 0.3 is 6.03 Å². The highest BCUT2D eigenvalue weighted by molar-refractivity contribution is 5.90. The number of urea groups is 1. The molecule has 0 saturated heterocycles. The first kappa shape index (κ1) is 21.6. The van der Waals surface area contributed by atoms with Crippen LogP contribution >= 0.6 is 0 Å². The number of rotatable bonds is 4. The molecule has 5 rings (SSSR count). The minimum Gasteiger partial charge on any atom is -0.497 e. The molecule has 6 nitrogen and oxygen atoms in total. The zero-order valence-electron chi connectivity index (χ0n) is 19.6. The van der Waals surface area contributed by atoms with Crippen molar-refractivity contribution in [3.8, 4) is 11.4 Å². The van der Waals surface area contributed by atoms with E-state index in [1.807, 2.05) is 61.5 Å². The van der Waals surface area contributed by atoms with E-state index in [2.05, 4.69) is 63.4 Å². The third-order valence-corrected chi connectivity index (χ3v) is 6.29. The number of hydrogen-bond donors (Lipinski definition) is 1. The molecular formula is C28H28N4O2. The summed E-state index contributed by atoms with van der Waals surface area (Å²) in [6.07, 6.45) is 2.07. The average molecular weight is 453 g/mol. The molecule has 1 atom stereocenters. The number of nitrogens with one attached hydrogen (secondary N) is 1. The molecule has 0 fully saturated rings. The Kier molecular flexibility index (Phi) is 5.72. The van der Waals surface area contributed by atoms with Crippen LogP contribution < -0.4 is 15.0 Å². The molecule has 1 aliphatic heterocycles. The number of carbonyl (C=O) groups is 1. The largest absolute Gasteiger partial charge is 0.497 e. The van der Waals surface area contributed by atoms with Gasteiger partial charge in [-0.05, 0) is 65.7 Å². The highest BCUT2D eigenvalue weighted by atomic mass is 16.5. The number of methoxy groups -OCH3 is 1. The van der Waals surface area contributed by atoms with Crippen LogP contribution in [0.3, 0.4) is 0 Å². The van der Waals surface area contributed by atoms with Crippen LogP contribution in [0, 0.1) is 0 Å². The standard InChI is InChI=1S/C28H28N4O2/c1-30(2)23-14-10-20(11-15-23)27-26-9-6-18-31(26)25-8-5-4-7-21(25)19-32(27)28(33)29-22-12-16-24(34-3)17-13-22/h4-18,27H,19H2,1-3H3,(H,29,33). The van der Waals surface area contributed by atoms with Gasteiger partial charge in [0.25, 0.3) is 0 Å². The molecule has 0 aliphatic carbocycles. The SMILES string of the molecule is COc1ccc(NC(=O)N2Cc3ccccc3-n3cccc3C2c2ccc(N(C)C)cc2)cc1. The van der Waals surface area contributed by atoms with Crippen LogP contribution in [0.25, 0.3) is 5.69 Å². The number of benzene rings is 3. The first-order valence-electron chi connectivity index (χ1n) is 11.3. The lowest BCUT2D eigenvalue weighted by molar-refractivity contribution is 0.194. The minimum atomic E-state index is -0.253. The lowest BCUT2D eigenvalue weighted by Gasteiger charge is -2.31. The van der Waals surface area contributed by atoms with Crippen molar-refractivity contribution in [1.82, 2.24) is 9.47 Å². The van der Waals surface area contributed by atoms with Gasteiger partial charge in [0.15, 0.2) is 0 Å². The van der Waals surface area contributed by atoms with Crippen molar-refractivity contribution < 1.29 is 9.53 Å². The number of para-hydroxylation sites is 1. The fraction of sp³-hybridized carbons (Fsp3) is 0.179. The number of fused-ring (bicyclic) bond motifs is 3. The van der Waals surface area contributed by atoms with Crippen molar-refractivity contribution in [2.24, 2.45) is 0 Å². The Morgan fingerprint density at radius 3 is 2.38 bits per heavy atom. The van der Waals surface area contributed by atoms with E-state index in [9.17, 15) is 4.79 Å². The van der Waals surface area contributed by atoms with Gasteiger partial charge in [-0.25, -0.2) is 4.79 Å². The molecule has 3 aromatic carbocycles. The number of ether oxygens (including phenoxy) is 1. The molecular weight excluding hydrogens is 424 g/mol. The monoisotopic (exact) mass is 452 g/mol. The van der Waals surface area contributed by atoms with Gasteiger partial charge in [0, 0.05) is 37.4 Å². The van der Waals surface area contributed by atoms with E-state index in [0.717, 1.165) is 39.6 Å². The van der Waals surface area contributed by atoms with Crippen LogP contribution in [0.2, 0.25) is 0 Å². The van der Waals surface area contributed by atoms with Gasteiger partial charge in [-0.2, -0.15) is 0 Å². The molecule has 2 amide bonds. The van der Waals surface area contributed by atoms with E-state index in [1.165, 1.54) is 0 Å². The van der Waals surface area contributed by atoms with Gasteiger partial charge in [0.2, 0.25) is 0 Å². The van der Waals surface area contributed by atoms with Gasteiger partial charge < -0.3 is 24.4 Å². The maximum atomic E-state index is 13.7. The van der Waals surface area contributed by atoms with E-state index >= 15 is 0 Å². The molecule has 1 aliphatic rings. The van der Waals surface area contributed by atoms with E-state index in [-0.39, 0.29) is 12.1 Å². The highest BCUT2D eigenvalue weighted by Gasteiger charge is 2.33. The molecule has 4 aromatic rings. The summed E-state index contributed by atoms with van der Waals surface area (Å²) in [5.74, 6) is 0.749. The molecule has 34 heavy (non-hydrogen) atoms. The maximum absolute atomic E-state index is 13.7. The van der Waals surface area contributed by atoms with Gasteiger partial charge in [-0.1, -0.05) is 30.3 Å². The Morgan fingerprint density at radius 2 is 1.68 bits per heavy atom. The van der Waals surface area contributed by atoms with Crippen molar-refractivity contribution >= 4 is 17.4 Å². The van der Waals surface area contributed by atoms with Crippen molar-refractivity contribution in [2.75, 3.05) is 31.4 Å². The molecule has 1 aromatic heterocycles. The van der Waals surface area contributed by atoms with Crippen molar-refractivity contribution in [3.63, 3.8) is 0 Å². The Balaban J connectivity index is 1.58.